The summed E-state index contributed by atoms with van der Waals surface area (Å²) in [6, 6.07) is 4.97. The molecule has 2 aliphatic heterocycles. The van der Waals surface area contributed by atoms with Crippen molar-refractivity contribution in [3.63, 3.8) is 0 Å². The Balaban J connectivity index is 1.81. The van der Waals surface area contributed by atoms with Gasteiger partial charge in [0.15, 0.2) is 0 Å². The summed E-state index contributed by atoms with van der Waals surface area (Å²) in [5.41, 5.74) is 2.73. The van der Waals surface area contributed by atoms with Crippen molar-refractivity contribution in [2.45, 2.75) is 25.8 Å². The summed E-state index contributed by atoms with van der Waals surface area (Å²) in [7, 11) is 0. The Morgan fingerprint density at radius 1 is 1.21 bits per heavy atom. The lowest BCUT2D eigenvalue weighted by Gasteiger charge is -2.31. The summed E-state index contributed by atoms with van der Waals surface area (Å²) in [5, 5.41) is 8.80. The van der Waals surface area contributed by atoms with E-state index in [4.69, 9.17) is 14.7 Å². The zero-order chi connectivity index (χ0) is 16.9. The Bertz CT molecular complexity index is 613. The highest BCUT2D eigenvalue weighted by Gasteiger charge is 2.28. The van der Waals surface area contributed by atoms with Crippen LogP contribution in [0.15, 0.2) is 18.2 Å². The van der Waals surface area contributed by atoms with Gasteiger partial charge in [-0.2, -0.15) is 0 Å². The van der Waals surface area contributed by atoms with Gasteiger partial charge in [-0.25, -0.2) is 5.48 Å². The molecule has 0 spiro atoms. The van der Waals surface area contributed by atoms with Crippen LogP contribution in [0.3, 0.4) is 0 Å². The molecule has 1 aromatic rings. The zero-order valence-corrected chi connectivity index (χ0v) is 13.5. The topological polar surface area (TPSA) is 88.1 Å². The van der Waals surface area contributed by atoms with Gasteiger partial charge in [0.05, 0.1) is 6.61 Å². The molecule has 0 unspecified atom stereocenters. The third-order valence-electron chi connectivity index (χ3n) is 4.50. The van der Waals surface area contributed by atoms with Crippen LogP contribution in [0, 0.1) is 5.92 Å². The summed E-state index contributed by atoms with van der Waals surface area (Å²) in [6.45, 7) is 2.82. The van der Waals surface area contributed by atoms with E-state index < -0.39 is 5.91 Å². The molecule has 2 N–H and O–H groups in total. The van der Waals surface area contributed by atoms with Gasteiger partial charge in [-0.15, -0.1) is 0 Å². The van der Waals surface area contributed by atoms with Crippen molar-refractivity contribution in [2.75, 3.05) is 26.4 Å². The number of hydrogen-bond acceptors (Lipinski definition) is 5. The lowest BCUT2D eigenvalue weighted by molar-refractivity contribution is -0.139. The van der Waals surface area contributed by atoms with E-state index in [9.17, 15) is 9.59 Å². The van der Waals surface area contributed by atoms with Gasteiger partial charge in [0.25, 0.3) is 5.91 Å². The minimum absolute atomic E-state index is 0.00599. The minimum Gasteiger partial charge on any atom is -0.493 e. The fourth-order valence-electron chi connectivity index (χ4n) is 3.16. The van der Waals surface area contributed by atoms with Gasteiger partial charge in [-0.3, -0.25) is 14.8 Å². The monoisotopic (exact) mass is 334 g/mol. The summed E-state index contributed by atoms with van der Waals surface area (Å²) >= 11 is 0. The normalized spacial score (nSPS) is 18.8. The number of amides is 2. The second kappa shape index (κ2) is 7.63. The van der Waals surface area contributed by atoms with Crippen LogP contribution in [0.2, 0.25) is 0 Å². The molecule has 1 fully saturated rings. The van der Waals surface area contributed by atoms with Crippen LogP contribution in [0.5, 0.6) is 5.75 Å². The second-order valence-electron chi connectivity index (χ2n) is 6.11. The number of carbonyl (C=O) groups excluding carboxylic acids is 2. The molecule has 0 aromatic heterocycles. The molecular weight excluding hydrogens is 312 g/mol. The van der Waals surface area contributed by atoms with Gasteiger partial charge < -0.3 is 14.4 Å². The SMILES string of the molecule is O=C(NO)c1ccc2c(c1)CN(C(=O)C1CCOCC1)CCCO2. The van der Waals surface area contributed by atoms with E-state index in [1.807, 2.05) is 4.90 Å². The lowest BCUT2D eigenvalue weighted by Crippen LogP contribution is -2.40. The molecule has 3 rings (SSSR count). The number of ether oxygens (including phenoxy) is 2. The highest BCUT2D eigenvalue weighted by Crippen LogP contribution is 2.26. The Morgan fingerprint density at radius 3 is 2.75 bits per heavy atom. The molecule has 0 atom stereocenters. The first-order valence-electron chi connectivity index (χ1n) is 8.25. The first kappa shape index (κ1) is 16.7. The molecule has 0 saturated carbocycles. The van der Waals surface area contributed by atoms with Gasteiger partial charge in [0, 0.05) is 43.3 Å². The molecule has 2 aliphatic rings. The predicted molar refractivity (Wildman–Crippen MR) is 84.8 cm³/mol. The summed E-state index contributed by atoms with van der Waals surface area (Å²) in [4.78, 5) is 26.3. The first-order chi connectivity index (χ1) is 11.7. The number of carbonyl (C=O) groups is 2. The third kappa shape index (κ3) is 3.68. The van der Waals surface area contributed by atoms with Crippen molar-refractivity contribution < 1.29 is 24.3 Å². The highest BCUT2D eigenvalue weighted by molar-refractivity contribution is 5.93. The van der Waals surface area contributed by atoms with E-state index in [0.29, 0.717) is 44.2 Å². The molecule has 2 heterocycles. The Kier molecular flexibility index (Phi) is 5.32. The maximum Gasteiger partial charge on any atom is 0.274 e. The third-order valence-corrected chi connectivity index (χ3v) is 4.50. The van der Waals surface area contributed by atoms with Crippen LogP contribution in [0.4, 0.5) is 0 Å². The molecule has 1 aromatic carbocycles. The molecule has 0 aliphatic carbocycles. The molecular formula is C17H22N2O5. The van der Waals surface area contributed by atoms with Gasteiger partial charge >= 0.3 is 0 Å². The fraction of sp³-hybridized carbons (Fsp3) is 0.529. The standard InChI is InChI=1S/C17H22N2O5/c20-16(18-22)13-2-3-15-14(10-13)11-19(6-1-7-24-15)17(21)12-4-8-23-9-5-12/h2-3,10,12,22H,1,4-9,11H2,(H,18,20). The Hall–Kier alpha value is -2.12. The van der Waals surface area contributed by atoms with Crippen LogP contribution >= 0.6 is 0 Å². The van der Waals surface area contributed by atoms with Crippen LogP contribution in [0.1, 0.15) is 35.2 Å². The predicted octanol–water partition coefficient (Wildman–Crippen LogP) is 1.34. The van der Waals surface area contributed by atoms with E-state index in [0.717, 1.165) is 24.8 Å². The van der Waals surface area contributed by atoms with Crippen molar-refractivity contribution in [2.24, 2.45) is 5.92 Å². The molecule has 7 heteroatoms. The molecule has 0 radical (unpaired) electrons. The van der Waals surface area contributed by atoms with E-state index in [2.05, 4.69) is 0 Å². The van der Waals surface area contributed by atoms with Crippen molar-refractivity contribution in [3.8, 4) is 5.75 Å². The number of fused-ring (bicyclic) bond motifs is 1. The first-order valence-corrected chi connectivity index (χ1v) is 8.25. The fourth-order valence-corrected chi connectivity index (χ4v) is 3.16. The molecule has 24 heavy (non-hydrogen) atoms. The lowest BCUT2D eigenvalue weighted by atomic mass is 9.98. The number of benzene rings is 1. The number of hydrogen-bond donors (Lipinski definition) is 2. The van der Waals surface area contributed by atoms with Gasteiger partial charge in [0.1, 0.15) is 5.75 Å². The van der Waals surface area contributed by atoms with Gasteiger partial charge in [-0.05, 0) is 37.5 Å². The maximum atomic E-state index is 12.8. The summed E-state index contributed by atoms with van der Waals surface area (Å²) in [6.07, 6.45) is 2.28. The Morgan fingerprint density at radius 2 is 2.00 bits per heavy atom. The van der Waals surface area contributed by atoms with E-state index in [1.165, 1.54) is 0 Å². The van der Waals surface area contributed by atoms with Crippen LogP contribution in [0.25, 0.3) is 0 Å². The number of nitrogens with zero attached hydrogens (tertiary/aromatic N) is 1. The van der Waals surface area contributed by atoms with Crippen molar-refractivity contribution >= 4 is 11.8 Å². The largest absolute Gasteiger partial charge is 0.493 e. The Labute approximate surface area is 140 Å². The number of nitrogens with one attached hydrogen (secondary N) is 1. The minimum atomic E-state index is -0.581. The smallest absolute Gasteiger partial charge is 0.274 e. The molecule has 7 nitrogen and oxygen atoms in total. The van der Waals surface area contributed by atoms with Crippen molar-refractivity contribution in [1.29, 1.82) is 0 Å². The van der Waals surface area contributed by atoms with Crippen LogP contribution < -0.4 is 10.2 Å². The maximum absolute atomic E-state index is 12.8. The van der Waals surface area contributed by atoms with Crippen molar-refractivity contribution in [3.05, 3.63) is 29.3 Å². The van der Waals surface area contributed by atoms with E-state index >= 15 is 0 Å². The quantitative estimate of drug-likeness (QED) is 0.629. The molecule has 2 amide bonds. The summed E-state index contributed by atoms with van der Waals surface area (Å²) in [5.74, 6) is 0.241. The van der Waals surface area contributed by atoms with Crippen LogP contribution in [-0.4, -0.2) is 48.3 Å². The van der Waals surface area contributed by atoms with Crippen LogP contribution in [-0.2, 0) is 16.1 Å². The van der Waals surface area contributed by atoms with Gasteiger partial charge in [-0.1, -0.05) is 0 Å². The number of hydroxylamine groups is 1. The molecule has 0 bridgehead atoms. The molecule has 130 valence electrons. The average Bonchev–Trinajstić information content (AvgIpc) is 2.61. The van der Waals surface area contributed by atoms with E-state index in [-0.39, 0.29) is 11.8 Å². The summed E-state index contributed by atoms with van der Waals surface area (Å²) < 4.78 is 11.1. The second-order valence-corrected chi connectivity index (χ2v) is 6.11. The molecule has 1 saturated heterocycles. The van der Waals surface area contributed by atoms with Crippen molar-refractivity contribution in [1.82, 2.24) is 10.4 Å². The number of rotatable bonds is 2. The zero-order valence-electron chi connectivity index (χ0n) is 13.5. The van der Waals surface area contributed by atoms with Gasteiger partial charge in [0.2, 0.25) is 5.91 Å². The van der Waals surface area contributed by atoms with E-state index in [1.54, 1.807) is 23.7 Å². The highest BCUT2D eigenvalue weighted by atomic mass is 16.5. The average molecular weight is 334 g/mol.